The lowest BCUT2D eigenvalue weighted by molar-refractivity contribution is -0.123. The Balaban J connectivity index is 1.43. The van der Waals surface area contributed by atoms with E-state index in [1.54, 1.807) is 12.1 Å². The van der Waals surface area contributed by atoms with E-state index in [4.69, 9.17) is 4.74 Å². The summed E-state index contributed by atoms with van der Waals surface area (Å²) in [6.07, 6.45) is 0. The van der Waals surface area contributed by atoms with Gasteiger partial charge >= 0.3 is 0 Å². The summed E-state index contributed by atoms with van der Waals surface area (Å²) in [7, 11) is 2.14. The van der Waals surface area contributed by atoms with Gasteiger partial charge in [-0.05, 0) is 55.9 Å². The molecule has 0 spiro atoms. The topological polar surface area (TPSA) is 65.1 Å². The Morgan fingerprint density at radius 1 is 1.10 bits per heavy atom. The molecule has 2 amide bonds. The van der Waals surface area contributed by atoms with Crippen molar-refractivity contribution in [2.75, 3.05) is 61.5 Å². The zero-order chi connectivity index (χ0) is 21.3. The maximum absolute atomic E-state index is 12.7. The first kappa shape index (κ1) is 20.7. The number of hydrogen-bond donors (Lipinski definition) is 1. The maximum atomic E-state index is 12.7. The minimum Gasteiger partial charge on any atom is -0.482 e. The molecular formula is C22H25BrN4O3. The molecule has 2 aromatic rings. The molecule has 4 rings (SSSR count). The number of piperazine rings is 1. The number of carbonyl (C=O) groups excluding carboxylic acids is 2. The number of halogens is 1. The number of nitrogens with one attached hydrogen (secondary N) is 1. The number of hydrogen-bond acceptors (Lipinski definition) is 5. The summed E-state index contributed by atoms with van der Waals surface area (Å²) in [5, 5.41) is 2.92. The first-order chi connectivity index (χ1) is 14.4. The van der Waals surface area contributed by atoms with Gasteiger partial charge in [0.05, 0.1) is 5.69 Å². The second-order valence-corrected chi connectivity index (χ2v) is 8.64. The smallest absolute Gasteiger partial charge is 0.265 e. The van der Waals surface area contributed by atoms with E-state index in [9.17, 15) is 9.59 Å². The molecule has 8 heteroatoms. The number of ether oxygens (including phenoxy) is 1. The van der Waals surface area contributed by atoms with E-state index in [1.807, 2.05) is 18.2 Å². The lowest BCUT2D eigenvalue weighted by Crippen LogP contribution is -2.44. The SMILES string of the molecule is Cc1cc(NC(=O)CN2C(=O)COc3cc(Br)ccc32)ccc1N1CCN(C)CC1. The van der Waals surface area contributed by atoms with Gasteiger partial charge in [0.25, 0.3) is 5.91 Å². The minimum absolute atomic E-state index is 0.0594. The average molecular weight is 473 g/mol. The van der Waals surface area contributed by atoms with Crippen molar-refractivity contribution in [3.05, 3.63) is 46.4 Å². The van der Waals surface area contributed by atoms with E-state index < -0.39 is 0 Å². The van der Waals surface area contributed by atoms with Crippen LogP contribution >= 0.6 is 15.9 Å². The fourth-order valence-corrected chi connectivity index (χ4v) is 4.17. The van der Waals surface area contributed by atoms with Gasteiger partial charge in [-0.2, -0.15) is 0 Å². The molecule has 0 saturated carbocycles. The van der Waals surface area contributed by atoms with Crippen molar-refractivity contribution in [1.29, 1.82) is 0 Å². The van der Waals surface area contributed by atoms with Gasteiger partial charge in [-0.25, -0.2) is 0 Å². The van der Waals surface area contributed by atoms with Gasteiger partial charge in [0.1, 0.15) is 12.3 Å². The summed E-state index contributed by atoms with van der Waals surface area (Å²) in [6.45, 7) is 6.01. The third kappa shape index (κ3) is 4.44. The molecule has 0 unspecified atom stereocenters. The van der Waals surface area contributed by atoms with Crippen LogP contribution in [0.1, 0.15) is 5.56 Å². The number of anilines is 3. The molecule has 2 aliphatic heterocycles. The number of nitrogens with zero attached hydrogens (tertiary/aromatic N) is 3. The Morgan fingerprint density at radius 2 is 1.83 bits per heavy atom. The van der Waals surface area contributed by atoms with Crippen LogP contribution in [0.5, 0.6) is 5.75 Å². The molecule has 0 bridgehead atoms. The molecule has 7 nitrogen and oxygen atoms in total. The molecule has 0 aliphatic carbocycles. The van der Waals surface area contributed by atoms with E-state index in [2.05, 4.69) is 51.1 Å². The standard InChI is InChI=1S/C22H25BrN4O3/c1-15-11-17(4-6-18(15)26-9-7-25(2)8-10-26)24-21(28)13-27-19-5-3-16(23)12-20(19)30-14-22(27)29/h3-6,11-12H,7-10,13-14H2,1-2H3,(H,24,28). The van der Waals surface area contributed by atoms with E-state index in [0.717, 1.165) is 41.9 Å². The van der Waals surface area contributed by atoms with Crippen molar-refractivity contribution in [3.63, 3.8) is 0 Å². The fourth-order valence-electron chi connectivity index (χ4n) is 3.83. The zero-order valence-electron chi connectivity index (χ0n) is 17.2. The molecule has 2 aliphatic rings. The van der Waals surface area contributed by atoms with Crippen molar-refractivity contribution >= 4 is 44.8 Å². The number of benzene rings is 2. The Kier molecular flexibility index (Phi) is 5.97. The molecule has 0 atom stereocenters. The third-order valence-corrected chi connectivity index (χ3v) is 5.98. The lowest BCUT2D eigenvalue weighted by Gasteiger charge is -2.35. The van der Waals surface area contributed by atoms with Gasteiger partial charge in [0.2, 0.25) is 5.91 Å². The highest BCUT2D eigenvalue weighted by atomic mass is 79.9. The highest BCUT2D eigenvalue weighted by Crippen LogP contribution is 2.34. The maximum Gasteiger partial charge on any atom is 0.265 e. The highest BCUT2D eigenvalue weighted by Gasteiger charge is 2.27. The van der Waals surface area contributed by atoms with E-state index >= 15 is 0 Å². The average Bonchev–Trinajstić information content (AvgIpc) is 2.71. The number of likely N-dealkylation sites (N-methyl/N-ethyl adjacent to an activating group) is 1. The number of aryl methyl sites for hydroxylation is 1. The number of carbonyl (C=O) groups is 2. The lowest BCUT2D eigenvalue weighted by atomic mass is 10.1. The van der Waals surface area contributed by atoms with Gasteiger partial charge in [0.15, 0.2) is 6.61 Å². The largest absolute Gasteiger partial charge is 0.482 e. The minimum atomic E-state index is -0.245. The zero-order valence-corrected chi connectivity index (χ0v) is 18.7. The van der Waals surface area contributed by atoms with Gasteiger partial charge in [-0.3, -0.25) is 14.5 Å². The van der Waals surface area contributed by atoms with Crippen LogP contribution in [0.3, 0.4) is 0 Å². The van der Waals surface area contributed by atoms with Crippen molar-refractivity contribution in [3.8, 4) is 5.75 Å². The normalized spacial score (nSPS) is 16.8. The van der Waals surface area contributed by atoms with Crippen LogP contribution < -0.4 is 19.9 Å². The van der Waals surface area contributed by atoms with Gasteiger partial charge < -0.3 is 19.9 Å². The Labute approximate surface area is 184 Å². The van der Waals surface area contributed by atoms with Crippen LogP contribution in [0.4, 0.5) is 17.1 Å². The second kappa shape index (κ2) is 8.65. The van der Waals surface area contributed by atoms with Crippen LogP contribution in [-0.4, -0.2) is 63.1 Å². The molecule has 0 aromatic heterocycles. The van der Waals surface area contributed by atoms with Crippen molar-refractivity contribution < 1.29 is 14.3 Å². The van der Waals surface area contributed by atoms with Crippen molar-refractivity contribution in [1.82, 2.24) is 4.90 Å². The van der Waals surface area contributed by atoms with E-state index in [1.165, 1.54) is 10.6 Å². The van der Waals surface area contributed by atoms with Crippen LogP contribution in [-0.2, 0) is 9.59 Å². The molecule has 30 heavy (non-hydrogen) atoms. The summed E-state index contributed by atoms with van der Waals surface area (Å²) in [5.41, 5.74) is 3.65. The molecule has 1 fully saturated rings. The van der Waals surface area contributed by atoms with Gasteiger partial charge in [-0.15, -0.1) is 0 Å². The summed E-state index contributed by atoms with van der Waals surface area (Å²) in [4.78, 5) is 31.2. The summed E-state index contributed by atoms with van der Waals surface area (Å²) in [5.74, 6) is 0.108. The molecular weight excluding hydrogens is 448 g/mol. The predicted molar refractivity (Wildman–Crippen MR) is 122 cm³/mol. The monoisotopic (exact) mass is 472 g/mol. The van der Waals surface area contributed by atoms with Crippen LogP contribution in [0.25, 0.3) is 0 Å². The van der Waals surface area contributed by atoms with Gasteiger partial charge in [0, 0.05) is 42.0 Å². The fraction of sp³-hybridized carbons (Fsp3) is 0.364. The second-order valence-electron chi connectivity index (χ2n) is 7.72. The third-order valence-electron chi connectivity index (χ3n) is 5.49. The van der Waals surface area contributed by atoms with E-state index in [-0.39, 0.29) is 25.0 Å². The Bertz CT molecular complexity index is 973. The molecule has 0 radical (unpaired) electrons. The van der Waals surface area contributed by atoms with Crippen molar-refractivity contribution in [2.24, 2.45) is 0 Å². The predicted octanol–water partition coefficient (Wildman–Crippen LogP) is 2.87. The summed E-state index contributed by atoms with van der Waals surface area (Å²) in [6, 6.07) is 11.4. The Morgan fingerprint density at radius 3 is 2.57 bits per heavy atom. The number of amides is 2. The highest BCUT2D eigenvalue weighted by molar-refractivity contribution is 9.10. The molecule has 2 aromatic carbocycles. The number of rotatable bonds is 4. The van der Waals surface area contributed by atoms with Crippen LogP contribution in [0.15, 0.2) is 40.9 Å². The molecule has 158 valence electrons. The molecule has 1 N–H and O–H groups in total. The van der Waals surface area contributed by atoms with Crippen LogP contribution in [0, 0.1) is 6.92 Å². The molecule has 1 saturated heterocycles. The first-order valence-electron chi connectivity index (χ1n) is 9.97. The summed E-state index contributed by atoms with van der Waals surface area (Å²) < 4.78 is 6.34. The first-order valence-corrected chi connectivity index (χ1v) is 10.8. The summed E-state index contributed by atoms with van der Waals surface area (Å²) >= 11 is 3.40. The van der Waals surface area contributed by atoms with Crippen molar-refractivity contribution in [2.45, 2.75) is 6.92 Å². The van der Waals surface area contributed by atoms with E-state index in [0.29, 0.717) is 11.4 Å². The van der Waals surface area contributed by atoms with Crippen LogP contribution in [0.2, 0.25) is 0 Å². The quantitative estimate of drug-likeness (QED) is 0.740. The number of fused-ring (bicyclic) bond motifs is 1. The van der Waals surface area contributed by atoms with Gasteiger partial charge in [-0.1, -0.05) is 15.9 Å². The Hall–Kier alpha value is -2.58. The molecule has 2 heterocycles.